The lowest BCUT2D eigenvalue weighted by Gasteiger charge is -2.11. The van der Waals surface area contributed by atoms with Gasteiger partial charge in [-0.3, -0.25) is 4.57 Å². The number of aromatic nitrogens is 5. The number of nitrogens with zero attached hydrogens (tertiary/aromatic N) is 5. The minimum atomic E-state index is 0.575. The second-order valence-electron chi connectivity index (χ2n) is 14.4. The van der Waals surface area contributed by atoms with Gasteiger partial charge < -0.3 is 4.40 Å². The molecule has 0 saturated heterocycles. The predicted octanol–water partition coefficient (Wildman–Crippen LogP) is 12.9. The lowest BCUT2D eigenvalue weighted by Crippen LogP contribution is -2.06. The van der Waals surface area contributed by atoms with Crippen LogP contribution in [-0.2, 0) is 0 Å². The summed E-state index contributed by atoms with van der Waals surface area (Å²) in [4.78, 5) is 15.6. The third kappa shape index (κ3) is 4.39. The highest BCUT2D eigenvalue weighted by Crippen LogP contribution is 2.45. The molecule has 0 spiro atoms. The molecule has 4 aromatic heterocycles. The molecule has 12 rings (SSSR count). The van der Waals surface area contributed by atoms with Gasteiger partial charge in [0.05, 0.1) is 27.6 Å². The van der Waals surface area contributed by atoms with Crippen molar-refractivity contribution < 1.29 is 0 Å². The third-order valence-corrected chi connectivity index (χ3v) is 11.3. The number of rotatable bonds is 3. The molecule has 5 heteroatoms. The van der Waals surface area contributed by atoms with E-state index in [0.29, 0.717) is 17.6 Å². The van der Waals surface area contributed by atoms with E-state index in [1.54, 1.807) is 0 Å². The molecule has 12 aromatic rings. The van der Waals surface area contributed by atoms with Crippen molar-refractivity contribution in [2.45, 2.75) is 0 Å². The van der Waals surface area contributed by atoms with Crippen molar-refractivity contribution >= 4 is 81.4 Å². The van der Waals surface area contributed by atoms with Crippen molar-refractivity contribution in [1.29, 1.82) is 0 Å². The number of para-hydroxylation sites is 3. The van der Waals surface area contributed by atoms with Crippen LogP contribution in [-0.4, -0.2) is 23.9 Å². The van der Waals surface area contributed by atoms with Gasteiger partial charge in [0, 0.05) is 43.4 Å². The molecule has 0 radical (unpaired) electrons. The average molecular weight is 714 g/mol. The number of fused-ring (bicyclic) bond motifs is 14. The normalized spacial score (nSPS) is 11.9. The molecule has 0 atom stereocenters. The van der Waals surface area contributed by atoms with E-state index in [1.165, 1.54) is 48.6 Å². The number of benzene rings is 8. The van der Waals surface area contributed by atoms with E-state index in [1.807, 2.05) is 36.4 Å². The van der Waals surface area contributed by atoms with E-state index < -0.39 is 0 Å². The predicted molar refractivity (Wildman–Crippen MR) is 232 cm³/mol. The first-order chi connectivity index (χ1) is 27.8. The van der Waals surface area contributed by atoms with Crippen LogP contribution in [0.15, 0.2) is 188 Å². The van der Waals surface area contributed by atoms with Gasteiger partial charge in [0.2, 0.25) is 5.95 Å². The molecule has 4 heterocycles. The van der Waals surface area contributed by atoms with Crippen LogP contribution in [0.1, 0.15) is 0 Å². The molecule has 5 nitrogen and oxygen atoms in total. The van der Waals surface area contributed by atoms with Crippen molar-refractivity contribution in [3.05, 3.63) is 188 Å². The zero-order valence-corrected chi connectivity index (χ0v) is 30.1. The van der Waals surface area contributed by atoms with Crippen LogP contribution in [0.4, 0.5) is 0 Å². The Balaban J connectivity index is 1.37. The Morgan fingerprint density at radius 2 is 0.714 bits per heavy atom. The second kappa shape index (κ2) is 11.9. The number of hydrogen-bond acceptors (Lipinski definition) is 3. The van der Waals surface area contributed by atoms with Crippen molar-refractivity contribution in [2.75, 3.05) is 0 Å². The van der Waals surface area contributed by atoms with Gasteiger partial charge in [-0.2, -0.15) is 9.97 Å². The maximum absolute atomic E-state index is 5.28. The molecule has 0 aliphatic rings. The second-order valence-corrected chi connectivity index (χ2v) is 14.4. The number of hydrogen-bond donors (Lipinski definition) is 0. The van der Waals surface area contributed by atoms with Gasteiger partial charge in [-0.15, -0.1) is 0 Å². The van der Waals surface area contributed by atoms with Gasteiger partial charge in [0.15, 0.2) is 11.6 Å². The Morgan fingerprint density at radius 3 is 1.29 bits per heavy atom. The minimum absolute atomic E-state index is 0.575. The zero-order chi connectivity index (χ0) is 36.7. The standard InChI is InChI=1S/C51H31N5/c1-3-17-32(18-4-1)49-52-50(33-19-5-2-6-20-33)54-51(53-49)56-44-30-16-12-26-39(44)46-45(56)31-41-37-24-10-8-22-35(37)34-21-7-9-23-36(34)38-25-11-14-28-42(38)55-43-29-15-13-27-40(43)47(46)48(41)55/h1-31H. The van der Waals surface area contributed by atoms with Crippen LogP contribution in [0.5, 0.6) is 0 Å². The lowest BCUT2D eigenvalue weighted by molar-refractivity contribution is 0.954. The van der Waals surface area contributed by atoms with Gasteiger partial charge >= 0.3 is 0 Å². The molecule has 56 heavy (non-hydrogen) atoms. The summed E-state index contributed by atoms with van der Waals surface area (Å²) < 4.78 is 4.76. The molecular weight excluding hydrogens is 683 g/mol. The smallest absolute Gasteiger partial charge is 0.238 e. The van der Waals surface area contributed by atoms with E-state index in [2.05, 4.69) is 161 Å². The Hall–Kier alpha value is -7.63. The van der Waals surface area contributed by atoms with Crippen molar-refractivity contribution in [3.63, 3.8) is 0 Å². The molecular formula is C51H31N5. The van der Waals surface area contributed by atoms with Gasteiger partial charge in [0.1, 0.15) is 0 Å². The summed E-state index contributed by atoms with van der Waals surface area (Å²) in [5, 5.41) is 11.8. The van der Waals surface area contributed by atoms with Gasteiger partial charge in [-0.05, 0) is 45.8 Å². The molecule has 0 aliphatic heterocycles. The highest BCUT2D eigenvalue weighted by Gasteiger charge is 2.24. The van der Waals surface area contributed by atoms with Crippen LogP contribution in [0, 0.1) is 0 Å². The summed E-state index contributed by atoms with van der Waals surface area (Å²) in [7, 11) is 0. The summed E-state index contributed by atoms with van der Waals surface area (Å²) in [6.07, 6.45) is 0. The Morgan fingerprint density at radius 1 is 0.304 bits per heavy atom. The Labute approximate surface area is 321 Å². The van der Waals surface area contributed by atoms with Crippen LogP contribution in [0.2, 0.25) is 0 Å². The first-order valence-corrected chi connectivity index (χ1v) is 19.0. The molecule has 8 aromatic carbocycles. The van der Waals surface area contributed by atoms with Crippen molar-refractivity contribution in [2.24, 2.45) is 0 Å². The van der Waals surface area contributed by atoms with E-state index in [-0.39, 0.29) is 0 Å². The third-order valence-electron chi connectivity index (χ3n) is 11.3. The highest BCUT2D eigenvalue weighted by molar-refractivity contribution is 6.35. The maximum atomic E-state index is 5.28. The molecule has 0 bridgehead atoms. The lowest BCUT2D eigenvalue weighted by atomic mass is 9.98. The average Bonchev–Trinajstić information content (AvgIpc) is 3.80. The molecule has 0 amide bonds. The summed E-state index contributed by atoms with van der Waals surface area (Å²) in [6.45, 7) is 0. The van der Waals surface area contributed by atoms with Crippen LogP contribution in [0.3, 0.4) is 0 Å². The Kier molecular flexibility index (Phi) is 6.56. The Bertz CT molecular complexity index is 3530. The van der Waals surface area contributed by atoms with E-state index in [4.69, 9.17) is 15.0 Å². The van der Waals surface area contributed by atoms with E-state index in [9.17, 15) is 0 Å². The molecule has 0 N–H and O–H groups in total. The summed E-state index contributed by atoms with van der Waals surface area (Å²) in [6, 6.07) is 66.9. The van der Waals surface area contributed by atoms with Gasteiger partial charge in [-0.25, -0.2) is 4.98 Å². The molecule has 0 saturated carbocycles. The fourth-order valence-corrected chi connectivity index (χ4v) is 8.98. The minimum Gasteiger partial charge on any atom is -0.308 e. The van der Waals surface area contributed by atoms with Crippen LogP contribution >= 0.6 is 0 Å². The fourth-order valence-electron chi connectivity index (χ4n) is 8.98. The molecule has 0 unspecified atom stereocenters. The van der Waals surface area contributed by atoms with Gasteiger partial charge in [0.25, 0.3) is 0 Å². The quantitative estimate of drug-likeness (QED) is 0.183. The summed E-state index contributed by atoms with van der Waals surface area (Å²) in [5.41, 5.74) is 7.44. The van der Waals surface area contributed by atoms with E-state index >= 15 is 0 Å². The SMILES string of the molecule is c1ccc(-c2nc(-c3ccccc3)nc(-n3c4ccccc4c4c5c6ccccc6n6c7ccccc7c7ccccc7c7ccccc7c(cc43)c56)n2)cc1. The van der Waals surface area contributed by atoms with Crippen LogP contribution in [0.25, 0.3) is 110 Å². The molecule has 0 fully saturated rings. The van der Waals surface area contributed by atoms with Gasteiger partial charge in [-0.1, -0.05) is 164 Å². The molecule has 260 valence electrons. The van der Waals surface area contributed by atoms with Crippen LogP contribution < -0.4 is 0 Å². The highest BCUT2D eigenvalue weighted by atomic mass is 15.2. The molecule has 0 aliphatic carbocycles. The monoisotopic (exact) mass is 713 g/mol. The first kappa shape index (κ1) is 30.8. The van der Waals surface area contributed by atoms with E-state index in [0.717, 1.165) is 44.0 Å². The zero-order valence-electron chi connectivity index (χ0n) is 30.1. The van der Waals surface area contributed by atoms with Crippen molar-refractivity contribution in [3.8, 4) is 28.7 Å². The first-order valence-electron chi connectivity index (χ1n) is 19.0. The topological polar surface area (TPSA) is 48.0 Å². The maximum Gasteiger partial charge on any atom is 0.238 e. The summed E-state index contributed by atoms with van der Waals surface area (Å²) in [5.74, 6) is 1.83. The van der Waals surface area contributed by atoms with Crippen molar-refractivity contribution in [1.82, 2.24) is 23.9 Å². The fraction of sp³-hybridized carbons (Fsp3) is 0. The summed E-state index contributed by atoms with van der Waals surface area (Å²) >= 11 is 0. The largest absolute Gasteiger partial charge is 0.308 e.